The molecule has 33 heavy (non-hydrogen) atoms. The average Bonchev–Trinajstić information content (AvgIpc) is 2.72. The number of alkyl halides is 3. The van der Waals surface area contributed by atoms with Crippen molar-refractivity contribution in [1.29, 1.82) is 0 Å². The second-order valence-corrected chi connectivity index (χ2v) is 8.25. The summed E-state index contributed by atoms with van der Waals surface area (Å²) in [4.78, 5) is 26.8. The van der Waals surface area contributed by atoms with E-state index >= 15 is 0 Å². The summed E-state index contributed by atoms with van der Waals surface area (Å²) in [6, 6.07) is 1.70. The number of nitrogens with zero attached hydrogens (tertiary/aromatic N) is 4. The molecule has 1 amide bonds. The quantitative estimate of drug-likeness (QED) is 0.670. The molecule has 2 N–H and O–H groups in total. The number of hydrogen-bond acceptors (Lipinski definition) is 8. The molecular formula is C21H25F3N6O3. The zero-order valence-electron chi connectivity index (χ0n) is 18.6. The molecule has 3 heterocycles. The first-order valence-electron chi connectivity index (χ1n) is 10.5. The smallest absolute Gasteiger partial charge is 0.433 e. The average molecular weight is 466 g/mol. The predicted molar refractivity (Wildman–Crippen MR) is 114 cm³/mol. The van der Waals surface area contributed by atoms with Crippen LogP contribution >= 0.6 is 0 Å². The van der Waals surface area contributed by atoms with E-state index in [0.717, 1.165) is 12.3 Å². The minimum absolute atomic E-state index is 0.0482. The molecule has 2 aliphatic rings. The Morgan fingerprint density at radius 3 is 2.61 bits per heavy atom. The van der Waals surface area contributed by atoms with Crippen molar-refractivity contribution in [1.82, 2.24) is 15.0 Å². The van der Waals surface area contributed by atoms with Crippen molar-refractivity contribution in [3.8, 4) is 5.75 Å². The number of ether oxygens (including phenoxy) is 2. The summed E-state index contributed by atoms with van der Waals surface area (Å²) in [7, 11) is 3.34. The van der Waals surface area contributed by atoms with Gasteiger partial charge in [0.05, 0.1) is 18.0 Å². The molecule has 4 rings (SSSR count). The van der Waals surface area contributed by atoms with Crippen LogP contribution in [0.15, 0.2) is 18.3 Å². The summed E-state index contributed by atoms with van der Waals surface area (Å²) in [5.74, 6) is 1.14. The van der Waals surface area contributed by atoms with Gasteiger partial charge in [-0.15, -0.1) is 0 Å². The van der Waals surface area contributed by atoms with E-state index in [1.807, 2.05) is 6.92 Å². The summed E-state index contributed by atoms with van der Waals surface area (Å²) in [5.41, 5.74) is 0.248. The Labute approximate surface area is 188 Å². The highest BCUT2D eigenvalue weighted by atomic mass is 19.4. The predicted octanol–water partition coefficient (Wildman–Crippen LogP) is 3.01. The Morgan fingerprint density at radius 1 is 1.27 bits per heavy atom. The number of halogens is 3. The molecule has 1 saturated carbocycles. The van der Waals surface area contributed by atoms with Crippen LogP contribution in [0.25, 0.3) is 0 Å². The van der Waals surface area contributed by atoms with Crippen molar-refractivity contribution in [2.75, 3.05) is 29.7 Å². The first-order valence-corrected chi connectivity index (χ1v) is 10.5. The van der Waals surface area contributed by atoms with Gasteiger partial charge in [0, 0.05) is 33.0 Å². The number of aryl methyl sites for hydroxylation is 1. The standard InChI is InChI=1S/C21H25F3N6O3/c1-10-16-18(30(3)17(11(2)32-4)19(31)28-16)29-20(26-10)27-12-7-14(8-12)33-13-5-6-15(25-9-13)21(22,23)24/h5-6,9,11-12,14,17H,7-8H2,1-4H3,(H,28,31)(H,26,27,29)/t11-,12-,14-,17+/m1/s1. The molecular weight excluding hydrogens is 441 g/mol. The topological polar surface area (TPSA) is 102 Å². The molecule has 0 spiro atoms. The number of anilines is 3. The van der Waals surface area contributed by atoms with Crippen LogP contribution in [0, 0.1) is 6.92 Å². The third-order valence-corrected chi connectivity index (χ3v) is 5.91. The highest BCUT2D eigenvalue weighted by molar-refractivity contribution is 6.03. The maximum atomic E-state index is 12.6. The van der Waals surface area contributed by atoms with Gasteiger partial charge in [-0.05, 0) is 26.0 Å². The number of fused-ring (bicyclic) bond motifs is 1. The molecule has 0 aromatic carbocycles. The van der Waals surface area contributed by atoms with Crippen LogP contribution in [0.5, 0.6) is 5.75 Å². The second kappa shape index (κ2) is 8.65. The lowest BCUT2D eigenvalue weighted by atomic mass is 9.89. The largest absolute Gasteiger partial charge is 0.489 e. The van der Waals surface area contributed by atoms with Crippen molar-refractivity contribution in [3.05, 3.63) is 29.7 Å². The number of pyridine rings is 1. The minimum Gasteiger partial charge on any atom is -0.489 e. The van der Waals surface area contributed by atoms with Crippen molar-refractivity contribution < 1.29 is 27.4 Å². The molecule has 178 valence electrons. The molecule has 0 radical (unpaired) electrons. The fourth-order valence-electron chi connectivity index (χ4n) is 3.96. The molecule has 9 nitrogen and oxygen atoms in total. The summed E-state index contributed by atoms with van der Waals surface area (Å²) < 4.78 is 48.9. The van der Waals surface area contributed by atoms with E-state index in [9.17, 15) is 18.0 Å². The maximum absolute atomic E-state index is 12.6. The lowest BCUT2D eigenvalue weighted by Gasteiger charge is -2.38. The number of carbonyl (C=O) groups excluding carboxylic acids is 1. The lowest BCUT2D eigenvalue weighted by molar-refractivity contribution is -0.141. The fraction of sp³-hybridized carbons (Fsp3) is 0.524. The fourth-order valence-corrected chi connectivity index (χ4v) is 3.96. The Bertz CT molecular complexity index is 1030. The van der Waals surface area contributed by atoms with Gasteiger partial charge in [0.25, 0.3) is 0 Å². The third kappa shape index (κ3) is 4.65. The molecule has 1 aliphatic carbocycles. The maximum Gasteiger partial charge on any atom is 0.433 e. The molecule has 2 aromatic heterocycles. The summed E-state index contributed by atoms with van der Waals surface area (Å²) in [6.45, 7) is 3.61. The Kier molecular flexibility index (Phi) is 6.04. The van der Waals surface area contributed by atoms with E-state index in [1.54, 1.807) is 26.0 Å². The molecule has 12 heteroatoms. The first-order chi connectivity index (χ1) is 15.6. The van der Waals surface area contributed by atoms with Gasteiger partial charge in [-0.2, -0.15) is 18.2 Å². The molecule has 2 atom stereocenters. The van der Waals surface area contributed by atoms with E-state index in [0.29, 0.717) is 41.7 Å². The number of hydrogen-bond donors (Lipinski definition) is 2. The van der Waals surface area contributed by atoms with E-state index in [-0.39, 0.29) is 24.2 Å². The van der Waals surface area contributed by atoms with Gasteiger partial charge >= 0.3 is 6.18 Å². The van der Waals surface area contributed by atoms with E-state index < -0.39 is 17.9 Å². The normalized spacial score (nSPS) is 23.3. The van der Waals surface area contributed by atoms with Crippen LogP contribution in [0.4, 0.5) is 30.6 Å². The SMILES string of the molecule is CO[C@H](C)[C@H]1C(=O)Nc2c(C)nc(N[C@H]3C[C@H](Oc4ccc(C(F)(F)F)nc4)C3)nc2N1C. The van der Waals surface area contributed by atoms with Crippen LogP contribution < -0.4 is 20.3 Å². The van der Waals surface area contributed by atoms with Crippen LogP contribution in [0.2, 0.25) is 0 Å². The Morgan fingerprint density at radius 2 is 2.00 bits per heavy atom. The Hall–Kier alpha value is -3.15. The number of nitrogens with one attached hydrogen (secondary N) is 2. The highest BCUT2D eigenvalue weighted by Crippen LogP contribution is 2.35. The number of methoxy groups -OCH3 is 1. The van der Waals surface area contributed by atoms with Gasteiger partial charge < -0.3 is 25.0 Å². The van der Waals surface area contributed by atoms with Crippen molar-refractivity contribution in [2.45, 2.75) is 57.2 Å². The van der Waals surface area contributed by atoms with Crippen LogP contribution in [-0.4, -0.2) is 59.3 Å². The van der Waals surface area contributed by atoms with Crippen LogP contribution in [0.1, 0.15) is 31.2 Å². The number of rotatable bonds is 6. The lowest BCUT2D eigenvalue weighted by Crippen LogP contribution is -2.53. The number of aromatic nitrogens is 3. The molecule has 0 saturated heterocycles. The summed E-state index contributed by atoms with van der Waals surface area (Å²) in [5, 5.41) is 6.14. The number of carbonyl (C=O) groups is 1. The van der Waals surface area contributed by atoms with Gasteiger partial charge in [0.1, 0.15) is 29.3 Å². The first kappa shape index (κ1) is 23.0. The van der Waals surface area contributed by atoms with Gasteiger partial charge in [0.2, 0.25) is 11.9 Å². The summed E-state index contributed by atoms with van der Waals surface area (Å²) in [6.07, 6.45) is -2.60. The zero-order valence-corrected chi connectivity index (χ0v) is 18.6. The summed E-state index contributed by atoms with van der Waals surface area (Å²) >= 11 is 0. The van der Waals surface area contributed by atoms with E-state index in [4.69, 9.17) is 9.47 Å². The van der Waals surface area contributed by atoms with Gasteiger partial charge in [0.15, 0.2) is 5.82 Å². The monoisotopic (exact) mass is 466 g/mol. The third-order valence-electron chi connectivity index (χ3n) is 5.91. The molecule has 1 aliphatic heterocycles. The van der Waals surface area contributed by atoms with Gasteiger partial charge in [-0.25, -0.2) is 9.97 Å². The van der Waals surface area contributed by atoms with E-state index in [2.05, 4.69) is 25.6 Å². The van der Waals surface area contributed by atoms with Crippen molar-refractivity contribution >= 4 is 23.4 Å². The molecule has 2 aromatic rings. The van der Waals surface area contributed by atoms with Crippen LogP contribution in [0.3, 0.4) is 0 Å². The minimum atomic E-state index is -4.48. The second-order valence-electron chi connectivity index (χ2n) is 8.25. The van der Waals surface area contributed by atoms with Gasteiger partial charge in [-0.3, -0.25) is 4.79 Å². The van der Waals surface area contributed by atoms with Crippen molar-refractivity contribution in [2.24, 2.45) is 0 Å². The zero-order chi connectivity index (χ0) is 23.9. The van der Waals surface area contributed by atoms with E-state index in [1.165, 1.54) is 6.07 Å². The van der Waals surface area contributed by atoms with Crippen LogP contribution in [-0.2, 0) is 15.7 Å². The molecule has 0 unspecified atom stereocenters. The number of amides is 1. The van der Waals surface area contributed by atoms with Crippen molar-refractivity contribution in [3.63, 3.8) is 0 Å². The number of likely N-dealkylation sites (N-methyl/N-ethyl adjacent to an activating group) is 1. The van der Waals surface area contributed by atoms with Gasteiger partial charge in [-0.1, -0.05) is 0 Å². The highest BCUT2D eigenvalue weighted by Gasteiger charge is 2.38. The Balaban J connectivity index is 1.38. The molecule has 1 fully saturated rings. The molecule has 0 bridgehead atoms.